The number of amides is 1. The van der Waals surface area contributed by atoms with Gasteiger partial charge in [-0.05, 0) is 38.3 Å². The average Bonchev–Trinajstić information content (AvgIpc) is 2.81. The van der Waals surface area contributed by atoms with E-state index in [0.717, 1.165) is 0 Å². The molecule has 5 heteroatoms. The van der Waals surface area contributed by atoms with Crippen LogP contribution in [0.5, 0.6) is 5.75 Å². The molecule has 1 aliphatic rings. The number of benzene rings is 1. The summed E-state index contributed by atoms with van der Waals surface area (Å²) in [5.74, 6) is -1.34. The third-order valence-electron chi connectivity index (χ3n) is 3.67. The first-order chi connectivity index (χ1) is 8.99. The lowest BCUT2D eigenvalue weighted by molar-refractivity contribution is -0.141. The van der Waals surface area contributed by atoms with Crippen molar-refractivity contribution in [1.82, 2.24) is 5.32 Å². The highest BCUT2D eigenvalue weighted by Gasteiger charge is 2.30. The number of hydrogen-bond acceptors (Lipinski definition) is 3. The van der Waals surface area contributed by atoms with Crippen molar-refractivity contribution >= 4 is 11.9 Å². The molecule has 1 aliphatic carbocycles. The van der Waals surface area contributed by atoms with E-state index < -0.39 is 5.97 Å². The third kappa shape index (κ3) is 2.86. The Balaban J connectivity index is 2.02. The molecule has 102 valence electrons. The van der Waals surface area contributed by atoms with Crippen LogP contribution in [0, 0.1) is 12.8 Å². The number of aromatic hydroxyl groups is 1. The smallest absolute Gasteiger partial charge is 0.306 e. The Hall–Kier alpha value is -2.04. The summed E-state index contributed by atoms with van der Waals surface area (Å²) in [5.41, 5.74) is 0.964. The number of aliphatic carboxylic acids is 1. The standard InChI is InChI=1S/C14H17NO4/c1-8-11(3-2-4-12(8)16)13(17)15-10-6-5-9(7-10)14(18)19/h2-4,9-10,16H,5-7H2,1H3,(H,15,17)(H,18,19). The lowest BCUT2D eigenvalue weighted by atomic mass is 10.1. The quantitative estimate of drug-likeness (QED) is 0.774. The highest BCUT2D eigenvalue weighted by atomic mass is 16.4. The van der Waals surface area contributed by atoms with Gasteiger partial charge < -0.3 is 15.5 Å². The van der Waals surface area contributed by atoms with Crippen LogP contribution in [-0.4, -0.2) is 28.1 Å². The second kappa shape index (κ2) is 5.30. The molecule has 0 aliphatic heterocycles. The maximum absolute atomic E-state index is 12.1. The van der Waals surface area contributed by atoms with Gasteiger partial charge in [-0.1, -0.05) is 6.07 Å². The molecule has 1 fully saturated rings. The molecule has 5 nitrogen and oxygen atoms in total. The zero-order valence-corrected chi connectivity index (χ0v) is 10.7. The Morgan fingerprint density at radius 3 is 2.68 bits per heavy atom. The molecule has 0 bridgehead atoms. The van der Waals surface area contributed by atoms with Gasteiger partial charge in [-0.15, -0.1) is 0 Å². The third-order valence-corrected chi connectivity index (χ3v) is 3.67. The van der Waals surface area contributed by atoms with Crippen molar-refractivity contribution in [3.8, 4) is 5.75 Å². The van der Waals surface area contributed by atoms with E-state index in [2.05, 4.69) is 5.32 Å². The number of carboxylic acid groups (broad SMARTS) is 1. The van der Waals surface area contributed by atoms with E-state index in [1.54, 1.807) is 19.1 Å². The summed E-state index contributed by atoms with van der Waals surface area (Å²) in [4.78, 5) is 22.9. The Kier molecular flexibility index (Phi) is 3.74. The van der Waals surface area contributed by atoms with Crippen molar-refractivity contribution in [2.24, 2.45) is 5.92 Å². The van der Waals surface area contributed by atoms with Crippen molar-refractivity contribution in [1.29, 1.82) is 0 Å². The number of phenols is 1. The fourth-order valence-electron chi connectivity index (χ4n) is 2.47. The van der Waals surface area contributed by atoms with E-state index in [-0.39, 0.29) is 23.6 Å². The number of hydrogen-bond donors (Lipinski definition) is 3. The number of nitrogens with one attached hydrogen (secondary N) is 1. The van der Waals surface area contributed by atoms with Crippen LogP contribution in [0.3, 0.4) is 0 Å². The molecular formula is C14H17NO4. The van der Waals surface area contributed by atoms with Crippen LogP contribution in [0.1, 0.15) is 35.2 Å². The van der Waals surface area contributed by atoms with Crippen molar-refractivity contribution in [2.75, 3.05) is 0 Å². The van der Waals surface area contributed by atoms with Crippen molar-refractivity contribution in [3.05, 3.63) is 29.3 Å². The van der Waals surface area contributed by atoms with Crippen molar-refractivity contribution in [2.45, 2.75) is 32.2 Å². The molecule has 0 radical (unpaired) electrons. The summed E-state index contributed by atoms with van der Waals surface area (Å²) >= 11 is 0. The van der Waals surface area contributed by atoms with Gasteiger partial charge in [0, 0.05) is 17.2 Å². The first kappa shape index (κ1) is 13.4. The highest BCUT2D eigenvalue weighted by molar-refractivity contribution is 5.96. The van der Waals surface area contributed by atoms with Gasteiger partial charge in [0.15, 0.2) is 0 Å². The molecule has 1 aromatic carbocycles. The van der Waals surface area contributed by atoms with Crippen LogP contribution in [-0.2, 0) is 4.79 Å². The van der Waals surface area contributed by atoms with Gasteiger partial charge in [-0.25, -0.2) is 0 Å². The Morgan fingerprint density at radius 1 is 1.32 bits per heavy atom. The predicted octanol–water partition coefficient (Wildman–Crippen LogP) is 1.68. The summed E-state index contributed by atoms with van der Waals surface area (Å²) in [6.07, 6.45) is 1.75. The molecule has 0 heterocycles. The van der Waals surface area contributed by atoms with Gasteiger partial charge in [0.25, 0.3) is 5.91 Å². The van der Waals surface area contributed by atoms with Crippen LogP contribution in [0.15, 0.2) is 18.2 Å². The molecule has 1 saturated carbocycles. The summed E-state index contributed by atoms with van der Waals surface area (Å²) in [6, 6.07) is 4.69. The molecule has 2 unspecified atom stereocenters. The predicted molar refractivity (Wildman–Crippen MR) is 69.1 cm³/mol. The molecule has 0 saturated heterocycles. The maximum atomic E-state index is 12.1. The molecular weight excluding hydrogens is 246 g/mol. The van der Waals surface area contributed by atoms with Gasteiger partial charge in [-0.3, -0.25) is 9.59 Å². The van der Waals surface area contributed by atoms with Gasteiger partial charge >= 0.3 is 5.97 Å². The topological polar surface area (TPSA) is 86.6 Å². The number of carbonyl (C=O) groups is 2. The minimum atomic E-state index is -0.801. The number of carboxylic acids is 1. The van der Waals surface area contributed by atoms with Gasteiger partial charge in [-0.2, -0.15) is 0 Å². The minimum Gasteiger partial charge on any atom is -0.508 e. The summed E-state index contributed by atoms with van der Waals surface area (Å²) < 4.78 is 0. The van der Waals surface area contributed by atoms with Crippen molar-refractivity contribution < 1.29 is 19.8 Å². The van der Waals surface area contributed by atoms with E-state index in [9.17, 15) is 14.7 Å². The monoisotopic (exact) mass is 263 g/mol. The first-order valence-corrected chi connectivity index (χ1v) is 6.31. The maximum Gasteiger partial charge on any atom is 0.306 e. The molecule has 0 spiro atoms. The fraction of sp³-hybridized carbons (Fsp3) is 0.429. The van der Waals surface area contributed by atoms with Crippen LogP contribution in [0.4, 0.5) is 0 Å². The minimum absolute atomic E-state index is 0.0856. The Bertz CT molecular complexity index is 512. The van der Waals surface area contributed by atoms with Crippen LogP contribution in [0.2, 0.25) is 0 Å². The van der Waals surface area contributed by atoms with Gasteiger partial charge in [0.05, 0.1) is 5.92 Å². The average molecular weight is 263 g/mol. The van der Waals surface area contributed by atoms with Crippen molar-refractivity contribution in [3.63, 3.8) is 0 Å². The molecule has 2 atom stereocenters. The fourth-order valence-corrected chi connectivity index (χ4v) is 2.47. The molecule has 1 aromatic rings. The van der Waals surface area contributed by atoms with Crippen LogP contribution < -0.4 is 5.32 Å². The largest absolute Gasteiger partial charge is 0.508 e. The van der Waals surface area contributed by atoms with Gasteiger partial charge in [0.2, 0.25) is 0 Å². The molecule has 0 aromatic heterocycles. The van der Waals surface area contributed by atoms with Gasteiger partial charge in [0.1, 0.15) is 5.75 Å². The lowest BCUT2D eigenvalue weighted by Gasteiger charge is -2.14. The zero-order valence-electron chi connectivity index (χ0n) is 10.7. The highest BCUT2D eigenvalue weighted by Crippen LogP contribution is 2.26. The molecule has 3 N–H and O–H groups in total. The first-order valence-electron chi connectivity index (χ1n) is 6.31. The van der Waals surface area contributed by atoms with Crippen LogP contribution >= 0.6 is 0 Å². The second-order valence-corrected chi connectivity index (χ2v) is 4.97. The lowest BCUT2D eigenvalue weighted by Crippen LogP contribution is -2.33. The summed E-state index contributed by atoms with van der Waals surface area (Å²) in [6.45, 7) is 1.68. The second-order valence-electron chi connectivity index (χ2n) is 4.97. The number of phenolic OH excluding ortho intramolecular Hbond substituents is 1. The molecule has 19 heavy (non-hydrogen) atoms. The van der Waals surface area contributed by atoms with E-state index in [0.29, 0.717) is 30.4 Å². The number of carbonyl (C=O) groups excluding carboxylic acids is 1. The van der Waals surface area contributed by atoms with E-state index in [1.807, 2.05) is 0 Å². The van der Waals surface area contributed by atoms with E-state index in [4.69, 9.17) is 5.11 Å². The summed E-state index contributed by atoms with van der Waals surface area (Å²) in [5, 5.41) is 21.3. The summed E-state index contributed by atoms with van der Waals surface area (Å²) in [7, 11) is 0. The molecule has 2 rings (SSSR count). The molecule has 1 amide bonds. The Labute approximate surface area is 111 Å². The van der Waals surface area contributed by atoms with E-state index in [1.165, 1.54) is 6.07 Å². The van der Waals surface area contributed by atoms with E-state index >= 15 is 0 Å². The number of rotatable bonds is 3. The Morgan fingerprint density at radius 2 is 2.05 bits per heavy atom. The van der Waals surface area contributed by atoms with Crippen LogP contribution in [0.25, 0.3) is 0 Å². The zero-order chi connectivity index (χ0) is 14.0. The SMILES string of the molecule is Cc1c(O)cccc1C(=O)NC1CCC(C(=O)O)C1. The normalized spacial score (nSPS) is 22.2.